The molecule has 0 aliphatic heterocycles. The molecule has 0 aromatic heterocycles. The molecule has 0 saturated heterocycles. The summed E-state index contributed by atoms with van der Waals surface area (Å²) in [4.78, 5) is 0. The molecule has 1 nitrogen and oxygen atoms in total. The van der Waals surface area contributed by atoms with E-state index in [9.17, 15) is 4.39 Å². The quantitative estimate of drug-likeness (QED) is 0.602. The minimum atomic E-state index is -0.296. The fourth-order valence-corrected chi connectivity index (χ4v) is 1.89. The molecular weight excluding hydrogens is 237 g/mol. The predicted molar refractivity (Wildman–Crippen MR) is 69.9 cm³/mol. The van der Waals surface area contributed by atoms with E-state index in [4.69, 9.17) is 11.6 Å². The Morgan fingerprint density at radius 3 is 2.94 bits per heavy atom. The molecule has 1 N–H and O–H groups in total. The molecule has 92 valence electrons. The van der Waals surface area contributed by atoms with Crippen LogP contribution in [0, 0.1) is 5.82 Å². The van der Waals surface area contributed by atoms with Crippen LogP contribution in [0.25, 0.3) is 0 Å². The lowest BCUT2D eigenvalue weighted by Gasteiger charge is -2.01. The predicted octanol–water partition coefficient (Wildman–Crippen LogP) is 3.72. The van der Waals surface area contributed by atoms with Gasteiger partial charge in [-0.1, -0.05) is 35.9 Å². The van der Waals surface area contributed by atoms with Crippen molar-refractivity contribution in [2.24, 2.45) is 0 Å². The zero-order chi connectivity index (χ0) is 12.1. The monoisotopic (exact) mass is 253 g/mol. The topological polar surface area (TPSA) is 12.0 Å². The van der Waals surface area contributed by atoms with E-state index in [1.54, 1.807) is 18.2 Å². The summed E-state index contributed by atoms with van der Waals surface area (Å²) in [6.07, 6.45) is 8.34. The SMILES string of the molecule is Fc1c(Cl)cccc1C/C=C/CCNC1CC1. The molecule has 3 heteroatoms. The van der Waals surface area contributed by atoms with Gasteiger partial charge in [0, 0.05) is 6.04 Å². The number of hydrogen-bond acceptors (Lipinski definition) is 1. The molecule has 0 spiro atoms. The van der Waals surface area contributed by atoms with Crippen molar-refractivity contribution < 1.29 is 4.39 Å². The standard InChI is InChI=1S/C14H17ClFN/c15-13-7-4-6-11(14(13)16)5-2-1-3-10-17-12-8-9-12/h1-2,4,6-7,12,17H,3,5,8-10H2/b2-1+. The maximum absolute atomic E-state index is 13.5. The molecule has 1 aliphatic rings. The van der Waals surface area contributed by atoms with E-state index in [0.29, 0.717) is 12.0 Å². The second-order valence-corrected chi connectivity index (χ2v) is 4.81. The third-order valence-electron chi connectivity index (χ3n) is 2.86. The lowest BCUT2D eigenvalue weighted by atomic mass is 10.1. The summed E-state index contributed by atoms with van der Waals surface area (Å²) in [6, 6.07) is 5.88. The van der Waals surface area contributed by atoms with Crippen LogP contribution in [0.4, 0.5) is 4.39 Å². The molecule has 1 aromatic carbocycles. The third-order valence-corrected chi connectivity index (χ3v) is 3.15. The number of rotatable bonds is 6. The zero-order valence-corrected chi connectivity index (χ0v) is 10.5. The Labute approximate surface area is 107 Å². The largest absolute Gasteiger partial charge is 0.314 e. The van der Waals surface area contributed by atoms with Crippen molar-refractivity contribution in [1.82, 2.24) is 5.32 Å². The van der Waals surface area contributed by atoms with Crippen LogP contribution >= 0.6 is 11.6 Å². The highest BCUT2D eigenvalue weighted by Crippen LogP contribution is 2.19. The first kappa shape index (κ1) is 12.6. The Kier molecular flexibility index (Phi) is 4.57. The summed E-state index contributed by atoms with van der Waals surface area (Å²) in [6.45, 7) is 1.01. The van der Waals surface area contributed by atoms with Gasteiger partial charge in [0.1, 0.15) is 5.82 Å². The molecule has 0 heterocycles. The van der Waals surface area contributed by atoms with Crippen LogP contribution < -0.4 is 5.32 Å². The molecule has 0 atom stereocenters. The number of allylic oxidation sites excluding steroid dienone is 1. The van der Waals surface area contributed by atoms with Crippen molar-refractivity contribution in [3.63, 3.8) is 0 Å². The summed E-state index contributed by atoms with van der Waals surface area (Å²) in [5, 5.41) is 3.63. The van der Waals surface area contributed by atoms with Gasteiger partial charge in [0.15, 0.2) is 0 Å². The van der Waals surface area contributed by atoms with Gasteiger partial charge in [0.05, 0.1) is 5.02 Å². The minimum absolute atomic E-state index is 0.200. The average molecular weight is 254 g/mol. The van der Waals surface area contributed by atoms with E-state index in [2.05, 4.69) is 11.4 Å². The Bertz CT molecular complexity index is 399. The first-order valence-corrected chi connectivity index (χ1v) is 6.46. The molecule has 1 aromatic rings. The Hall–Kier alpha value is -0.860. The van der Waals surface area contributed by atoms with Crippen LogP contribution in [0.15, 0.2) is 30.4 Å². The van der Waals surface area contributed by atoms with Gasteiger partial charge < -0.3 is 5.32 Å². The first-order valence-electron chi connectivity index (χ1n) is 6.08. The van der Waals surface area contributed by atoms with Gasteiger partial charge in [0.25, 0.3) is 0 Å². The Morgan fingerprint density at radius 1 is 1.35 bits per heavy atom. The van der Waals surface area contributed by atoms with Crippen molar-refractivity contribution in [2.45, 2.75) is 31.7 Å². The van der Waals surface area contributed by atoms with Crippen LogP contribution in [0.5, 0.6) is 0 Å². The highest BCUT2D eigenvalue weighted by Gasteiger charge is 2.19. The van der Waals surface area contributed by atoms with Gasteiger partial charge >= 0.3 is 0 Å². The second-order valence-electron chi connectivity index (χ2n) is 4.41. The lowest BCUT2D eigenvalue weighted by Crippen LogP contribution is -2.16. The molecule has 1 saturated carbocycles. The van der Waals surface area contributed by atoms with Crippen LogP contribution in [-0.2, 0) is 6.42 Å². The number of nitrogens with one attached hydrogen (secondary N) is 1. The molecule has 0 bridgehead atoms. The molecule has 1 aliphatic carbocycles. The van der Waals surface area contributed by atoms with Crippen LogP contribution in [-0.4, -0.2) is 12.6 Å². The van der Waals surface area contributed by atoms with E-state index in [1.807, 2.05) is 6.08 Å². The summed E-state index contributed by atoms with van der Waals surface area (Å²) < 4.78 is 13.5. The molecule has 2 rings (SSSR count). The first-order chi connectivity index (χ1) is 8.27. The van der Waals surface area contributed by atoms with Crippen molar-refractivity contribution >= 4 is 11.6 Å². The number of halogens is 2. The Balaban J connectivity index is 1.72. The van der Waals surface area contributed by atoms with Gasteiger partial charge in [-0.25, -0.2) is 4.39 Å². The molecule has 0 unspecified atom stereocenters. The summed E-state index contributed by atoms with van der Waals surface area (Å²) in [7, 11) is 0. The van der Waals surface area contributed by atoms with Crippen molar-refractivity contribution in [3.05, 3.63) is 46.8 Å². The van der Waals surface area contributed by atoms with E-state index in [-0.39, 0.29) is 10.8 Å². The molecule has 0 amide bonds. The van der Waals surface area contributed by atoms with Crippen molar-refractivity contribution in [3.8, 4) is 0 Å². The van der Waals surface area contributed by atoms with Gasteiger partial charge in [-0.3, -0.25) is 0 Å². The average Bonchev–Trinajstić information content (AvgIpc) is 3.12. The fourth-order valence-electron chi connectivity index (χ4n) is 1.69. The number of hydrogen-bond donors (Lipinski definition) is 1. The highest BCUT2D eigenvalue weighted by atomic mass is 35.5. The van der Waals surface area contributed by atoms with Gasteiger partial charge in [0.2, 0.25) is 0 Å². The van der Waals surface area contributed by atoms with Crippen LogP contribution in [0.2, 0.25) is 5.02 Å². The molecule has 17 heavy (non-hydrogen) atoms. The molecule has 0 radical (unpaired) electrons. The van der Waals surface area contributed by atoms with E-state index < -0.39 is 0 Å². The third kappa shape index (κ3) is 4.14. The van der Waals surface area contributed by atoms with Gasteiger partial charge in [-0.2, -0.15) is 0 Å². The highest BCUT2D eigenvalue weighted by molar-refractivity contribution is 6.30. The smallest absolute Gasteiger partial charge is 0.145 e. The maximum atomic E-state index is 13.5. The van der Waals surface area contributed by atoms with E-state index >= 15 is 0 Å². The van der Waals surface area contributed by atoms with Gasteiger partial charge in [-0.15, -0.1) is 0 Å². The van der Waals surface area contributed by atoms with Crippen molar-refractivity contribution in [2.75, 3.05) is 6.54 Å². The van der Waals surface area contributed by atoms with Crippen LogP contribution in [0.1, 0.15) is 24.8 Å². The van der Waals surface area contributed by atoms with E-state index in [0.717, 1.165) is 19.0 Å². The molecular formula is C14H17ClFN. The maximum Gasteiger partial charge on any atom is 0.145 e. The lowest BCUT2D eigenvalue weighted by molar-refractivity contribution is 0.615. The van der Waals surface area contributed by atoms with Gasteiger partial charge in [-0.05, 0) is 43.9 Å². The molecule has 1 fully saturated rings. The van der Waals surface area contributed by atoms with Crippen LogP contribution in [0.3, 0.4) is 0 Å². The summed E-state index contributed by atoms with van der Waals surface area (Å²) in [5.41, 5.74) is 0.656. The van der Waals surface area contributed by atoms with Crippen molar-refractivity contribution in [1.29, 1.82) is 0 Å². The Morgan fingerprint density at radius 2 is 2.18 bits per heavy atom. The summed E-state index contributed by atoms with van der Waals surface area (Å²) in [5.74, 6) is -0.296. The fraction of sp³-hybridized carbons (Fsp3) is 0.429. The van der Waals surface area contributed by atoms with E-state index in [1.165, 1.54) is 12.8 Å². The summed E-state index contributed by atoms with van der Waals surface area (Å²) >= 11 is 5.71. The number of benzene rings is 1. The normalized spacial score (nSPS) is 15.6. The second kappa shape index (κ2) is 6.18. The minimum Gasteiger partial charge on any atom is -0.314 e. The zero-order valence-electron chi connectivity index (χ0n) is 9.76.